The Morgan fingerprint density at radius 2 is 1.92 bits per heavy atom. The maximum Gasteiger partial charge on any atom is 0.341 e. The Kier molecular flexibility index (Phi) is 6.71. The first-order valence-corrected chi connectivity index (χ1v) is 12.6. The van der Waals surface area contributed by atoms with Gasteiger partial charge in [0.15, 0.2) is 12.4 Å². The van der Waals surface area contributed by atoms with Crippen LogP contribution in [0.15, 0.2) is 82.6 Å². The molecule has 1 atom stereocenters. The lowest BCUT2D eigenvalue weighted by Crippen LogP contribution is -2.31. The van der Waals surface area contributed by atoms with Gasteiger partial charge in [0.05, 0.1) is 16.5 Å². The molecule has 1 aliphatic rings. The van der Waals surface area contributed by atoms with E-state index < -0.39 is 17.8 Å². The van der Waals surface area contributed by atoms with Crippen molar-refractivity contribution < 1.29 is 23.9 Å². The molecule has 3 heterocycles. The van der Waals surface area contributed by atoms with Crippen molar-refractivity contribution in [1.82, 2.24) is 9.97 Å². The number of Topliss-reactive ketones (excluding diaryl/α,β-unsaturated/α-hetero) is 1. The zero-order valence-electron chi connectivity index (χ0n) is 18.6. The number of nitrogens with one attached hydrogen (secondary N) is 1. The molecule has 8 nitrogen and oxygen atoms in total. The lowest BCUT2D eigenvalue weighted by molar-refractivity contribution is -0.121. The van der Waals surface area contributed by atoms with E-state index in [1.165, 1.54) is 12.3 Å². The minimum Gasteiger partial charge on any atom is -0.454 e. The van der Waals surface area contributed by atoms with Gasteiger partial charge in [-0.1, -0.05) is 45.9 Å². The van der Waals surface area contributed by atoms with Gasteiger partial charge in [-0.3, -0.25) is 14.4 Å². The van der Waals surface area contributed by atoms with Crippen molar-refractivity contribution in [3.05, 3.63) is 88.7 Å². The van der Waals surface area contributed by atoms with Crippen LogP contribution in [0.25, 0.3) is 10.9 Å². The van der Waals surface area contributed by atoms with Gasteiger partial charge in [-0.2, -0.15) is 0 Å². The summed E-state index contributed by atoms with van der Waals surface area (Å²) in [5.41, 5.74) is 1.84. The van der Waals surface area contributed by atoms with Crippen LogP contribution in [0.1, 0.15) is 27.1 Å². The fourth-order valence-corrected chi connectivity index (χ4v) is 5.21. The summed E-state index contributed by atoms with van der Waals surface area (Å²) in [5, 5.41) is 0.480. The molecule has 0 bridgehead atoms. The van der Waals surface area contributed by atoms with Crippen LogP contribution in [0.2, 0.25) is 0 Å². The number of amides is 2. The third-order valence-corrected chi connectivity index (χ3v) is 7.38. The largest absolute Gasteiger partial charge is 0.454 e. The lowest BCUT2D eigenvalue weighted by Gasteiger charge is -2.15. The maximum absolute atomic E-state index is 13.2. The van der Waals surface area contributed by atoms with E-state index in [9.17, 15) is 19.2 Å². The Hall–Kier alpha value is -3.76. The van der Waals surface area contributed by atoms with Gasteiger partial charge in [-0.05, 0) is 47.9 Å². The summed E-state index contributed by atoms with van der Waals surface area (Å²) in [6, 6.07) is 17.0. The molecule has 2 aromatic carbocycles. The molecule has 0 spiro atoms. The minimum absolute atomic E-state index is 0.0284. The topological polar surface area (TPSA) is 109 Å². The Labute approximate surface area is 218 Å². The molecular formula is C26H18BrN3O5S. The SMILES string of the molecule is O=C(COC(=O)c1cccnc1SC1CC(=O)N(c2ccc3cc[nH]c3c2)C1=O)c1ccc(Br)cc1. The number of hydrogen-bond acceptors (Lipinski definition) is 7. The summed E-state index contributed by atoms with van der Waals surface area (Å²) in [6.07, 6.45) is 3.25. The highest BCUT2D eigenvalue weighted by Crippen LogP contribution is 2.35. The number of esters is 1. The number of ether oxygens (including phenoxy) is 1. The zero-order valence-corrected chi connectivity index (χ0v) is 21.0. The summed E-state index contributed by atoms with van der Waals surface area (Å²) < 4.78 is 6.06. The van der Waals surface area contributed by atoms with Crippen LogP contribution in [-0.4, -0.2) is 45.4 Å². The molecule has 1 N–H and O–H groups in total. The number of H-pyrrole nitrogens is 1. The molecule has 0 saturated carbocycles. The first-order valence-electron chi connectivity index (χ1n) is 10.9. The van der Waals surface area contributed by atoms with Crippen molar-refractivity contribution in [3.63, 3.8) is 0 Å². The second kappa shape index (κ2) is 10.1. The maximum atomic E-state index is 13.2. The van der Waals surface area contributed by atoms with E-state index >= 15 is 0 Å². The second-order valence-electron chi connectivity index (χ2n) is 7.99. The van der Waals surface area contributed by atoms with E-state index in [-0.39, 0.29) is 34.6 Å². The number of thioether (sulfide) groups is 1. The summed E-state index contributed by atoms with van der Waals surface area (Å²) in [6.45, 7) is -0.435. The average Bonchev–Trinajstić information content (AvgIpc) is 3.46. The van der Waals surface area contributed by atoms with Crippen molar-refractivity contribution in [1.29, 1.82) is 0 Å². The highest BCUT2D eigenvalue weighted by molar-refractivity contribution is 9.10. The zero-order chi connectivity index (χ0) is 25.2. The number of halogens is 1. The van der Waals surface area contributed by atoms with Crippen LogP contribution < -0.4 is 4.90 Å². The molecule has 1 saturated heterocycles. The van der Waals surface area contributed by atoms with Crippen LogP contribution in [0, 0.1) is 0 Å². The van der Waals surface area contributed by atoms with Crippen LogP contribution in [0.5, 0.6) is 0 Å². The molecule has 0 radical (unpaired) electrons. The Balaban J connectivity index is 1.29. The smallest absolute Gasteiger partial charge is 0.341 e. The van der Waals surface area contributed by atoms with Crippen molar-refractivity contribution in [3.8, 4) is 0 Å². The fourth-order valence-electron chi connectivity index (χ4n) is 3.85. The van der Waals surface area contributed by atoms with Crippen molar-refractivity contribution in [2.75, 3.05) is 11.5 Å². The molecule has 36 heavy (non-hydrogen) atoms. The minimum atomic E-state index is -0.748. The number of hydrogen-bond donors (Lipinski definition) is 1. The number of aromatic nitrogens is 2. The van der Waals surface area contributed by atoms with E-state index in [2.05, 4.69) is 25.9 Å². The third kappa shape index (κ3) is 4.82. The van der Waals surface area contributed by atoms with Crippen LogP contribution in [0.3, 0.4) is 0 Å². The summed E-state index contributed by atoms with van der Waals surface area (Å²) in [7, 11) is 0. The average molecular weight is 564 g/mol. The number of carbonyl (C=O) groups is 4. The van der Waals surface area contributed by atoms with Crippen LogP contribution >= 0.6 is 27.7 Å². The number of rotatable bonds is 7. The van der Waals surface area contributed by atoms with Gasteiger partial charge in [0.1, 0.15) is 5.03 Å². The monoisotopic (exact) mass is 563 g/mol. The molecule has 5 rings (SSSR count). The number of fused-ring (bicyclic) bond motifs is 1. The number of imide groups is 1. The predicted octanol–water partition coefficient (Wildman–Crippen LogP) is 4.79. The predicted molar refractivity (Wildman–Crippen MR) is 138 cm³/mol. The molecule has 4 aromatic rings. The van der Waals surface area contributed by atoms with Crippen LogP contribution in [0.4, 0.5) is 5.69 Å². The Morgan fingerprint density at radius 3 is 2.72 bits per heavy atom. The lowest BCUT2D eigenvalue weighted by atomic mass is 10.1. The van der Waals surface area contributed by atoms with Gasteiger partial charge in [0.25, 0.3) is 0 Å². The molecule has 1 fully saturated rings. The quantitative estimate of drug-likeness (QED) is 0.195. The summed E-state index contributed by atoms with van der Waals surface area (Å²) in [5.74, 6) is -1.79. The molecule has 0 aliphatic carbocycles. The summed E-state index contributed by atoms with van der Waals surface area (Å²) >= 11 is 4.34. The number of carbonyl (C=O) groups excluding carboxylic acids is 4. The summed E-state index contributed by atoms with van der Waals surface area (Å²) in [4.78, 5) is 59.5. The van der Waals surface area contributed by atoms with E-state index in [0.717, 1.165) is 32.0 Å². The Morgan fingerprint density at radius 1 is 1.11 bits per heavy atom. The standard InChI is InChI=1S/C26H18BrN3O5S/c27-17-6-3-16(4-7-17)21(31)14-35-26(34)19-2-1-10-29-24(19)36-22-13-23(32)30(25(22)33)18-8-5-15-9-11-28-20(15)12-18/h1-12,22,28H,13-14H2. The van der Waals surface area contributed by atoms with Gasteiger partial charge < -0.3 is 9.72 Å². The van der Waals surface area contributed by atoms with Gasteiger partial charge in [-0.25, -0.2) is 14.7 Å². The van der Waals surface area contributed by atoms with Crippen LogP contribution in [-0.2, 0) is 14.3 Å². The Bertz CT molecular complexity index is 1500. The number of anilines is 1. The number of nitrogens with zero attached hydrogens (tertiary/aromatic N) is 2. The van der Waals surface area contributed by atoms with Crippen molar-refractivity contribution in [2.24, 2.45) is 0 Å². The number of pyridine rings is 1. The van der Waals surface area contributed by atoms with E-state index in [1.807, 2.05) is 12.1 Å². The van der Waals surface area contributed by atoms with E-state index in [0.29, 0.717) is 11.3 Å². The van der Waals surface area contributed by atoms with Gasteiger partial charge in [0, 0.05) is 34.4 Å². The molecule has 2 aromatic heterocycles. The first kappa shape index (κ1) is 24.0. The molecule has 10 heteroatoms. The van der Waals surface area contributed by atoms with Gasteiger partial charge in [0.2, 0.25) is 11.8 Å². The van der Waals surface area contributed by atoms with Crippen molar-refractivity contribution >= 4 is 67.8 Å². The van der Waals surface area contributed by atoms with E-state index in [1.54, 1.807) is 48.7 Å². The molecule has 180 valence electrons. The van der Waals surface area contributed by atoms with Gasteiger partial charge >= 0.3 is 5.97 Å². The van der Waals surface area contributed by atoms with Gasteiger partial charge in [-0.15, -0.1) is 0 Å². The normalized spacial score (nSPS) is 15.5. The number of aromatic amines is 1. The highest BCUT2D eigenvalue weighted by atomic mass is 79.9. The molecule has 1 unspecified atom stereocenters. The third-order valence-electron chi connectivity index (χ3n) is 5.65. The molecular weight excluding hydrogens is 546 g/mol. The number of benzene rings is 2. The fraction of sp³-hybridized carbons (Fsp3) is 0.115. The highest BCUT2D eigenvalue weighted by Gasteiger charge is 2.41. The molecule has 1 aliphatic heterocycles. The molecule has 2 amide bonds. The van der Waals surface area contributed by atoms with E-state index in [4.69, 9.17) is 4.74 Å². The van der Waals surface area contributed by atoms with Crippen molar-refractivity contribution in [2.45, 2.75) is 16.7 Å². The first-order chi connectivity index (χ1) is 17.4. The number of ketones is 1. The second-order valence-corrected chi connectivity index (χ2v) is 10.1.